The average molecular weight is 202 g/mol. The van der Waals surface area contributed by atoms with Crippen molar-refractivity contribution in [3.05, 3.63) is 66.5 Å². The SMILES string of the molecule is C=C/C=C\C=C(/O)Cc1ccccc1O. The molecule has 2 N–H and O–H groups in total. The summed E-state index contributed by atoms with van der Waals surface area (Å²) in [4.78, 5) is 0. The smallest absolute Gasteiger partial charge is 0.119 e. The average Bonchev–Trinajstić information content (AvgIpc) is 2.22. The molecule has 0 fully saturated rings. The van der Waals surface area contributed by atoms with Crippen LogP contribution in [-0.2, 0) is 6.42 Å². The van der Waals surface area contributed by atoms with Crippen molar-refractivity contribution in [3.8, 4) is 5.75 Å². The van der Waals surface area contributed by atoms with E-state index in [0.29, 0.717) is 12.0 Å². The predicted molar refractivity (Wildman–Crippen MR) is 61.9 cm³/mol. The second kappa shape index (κ2) is 5.70. The number of hydrogen-bond donors (Lipinski definition) is 2. The molecule has 0 saturated heterocycles. The Bertz CT molecular complexity index is 389. The Morgan fingerprint density at radius 2 is 2.00 bits per heavy atom. The minimum absolute atomic E-state index is 0.199. The van der Waals surface area contributed by atoms with E-state index in [-0.39, 0.29) is 11.5 Å². The normalized spacial score (nSPS) is 11.9. The van der Waals surface area contributed by atoms with Crippen LogP contribution in [0.15, 0.2) is 60.9 Å². The van der Waals surface area contributed by atoms with Crippen LogP contribution in [-0.4, -0.2) is 10.2 Å². The van der Waals surface area contributed by atoms with Crippen molar-refractivity contribution in [3.63, 3.8) is 0 Å². The van der Waals surface area contributed by atoms with Crippen LogP contribution >= 0.6 is 0 Å². The molecule has 1 aromatic carbocycles. The fraction of sp³-hybridized carbons (Fsp3) is 0.0769. The number of aromatic hydroxyl groups is 1. The van der Waals surface area contributed by atoms with E-state index < -0.39 is 0 Å². The van der Waals surface area contributed by atoms with Gasteiger partial charge in [-0.1, -0.05) is 43.0 Å². The molecule has 0 aliphatic heterocycles. The molecule has 15 heavy (non-hydrogen) atoms. The standard InChI is InChI=1S/C13H14O2/c1-2-3-4-8-12(14)10-11-7-5-6-9-13(11)15/h2-9,14-15H,1,10H2/b4-3-,12-8-. The summed E-state index contributed by atoms with van der Waals surface area (Å²) in [5, 5.41) is 19.0. The topological polar surface area (TPSA) is 40.5 Å². The molecule has 0 spiro atoms. The van der Waals surface area contributed by atoms with Crippen LogP contribution in [0.1, 0.15) is 5.56 Å². The largest absolute Gasteiger partial charge is 0.512 e. The molecule has 0 saturated carbocycles. The quantitative estimate of drug-likeness (QED) is 0.581. The highest BCUT2D eigenvalue weighted by Gasteiger charge is 2.00. The summed E-state index contributed by atoms with van der Waals surface area (Å²) in [6.07, 6.45) is 6.95. The van der Waals surface area contributed by atoms with Gasteiger partial charge in [-0.3, -0.25) is 0 Å². The van der Waals surface area contributed by atoms with Crippen LogP contribution in [0.5, 0.6) is 5.75 Å². The monoisotopic (exact) mass is 202 g/mol. The molecular formula is C13H14O2. The predicted octanol–water partition coefficient (Wildman–Crippen LogP) is 3.12. The Kier molecular flexibility index (Phi) is 4.23. The van der Waals surface area contributed by atoms with Gasteiger partial charge in [0.1, 0.15) is 5.75 Å². The van der Waals surface area contributed by atoms with Gasteiger partial charge in [-0.15, -0.1) is 0 Å². The van der Waals surface area contributed by atoms with E-state index in [1.54, 1.807) is 42.5 Å². The molecule has 2 heteroatoms. The molecule has 0 amide bonds. The zero-order valence-corrected chi connectivity index (χ0v) is 8.43. The van der Waals surface area contributed by atoms with Crippen LogP contribution in [0.25, 0.3) is 0 Å². The highest BCUT2D eigenvalue weighted by atomic mass is 16.3. The second-order valence-corrected chi connectivity index (χ2v) is 3.08. The lowest BCUT2D eigenvalue weighted by atomic mass is 10.1. The van der Waals surface area contributed by atoms with Gasteiger partial charge < -0.3 is 10.2 Å². The minimum Gasteiger partial charge on any atom is -0.512 e. The summed E-state index contributed by atoms with van der Waals surface area (Å²) in [5.41, 5.74) is 0.707. The molecule has 1 aromatic rings. The fourth-order valence-electron chi connectivity index (χ4n) is 1.16. The number of para-hydroxylation sites is 1. The third-order valence-electron chi connectivity index (χ3n) is 1.90. The molecule has 0 bridgehead atoms. The van der Waals surface area contributed by atoms with Gasteiger partial charge in [0.05, 0.1) is 5.76 Å². The molecule has 0 radical (unpaired) electrons. The van der Waals surface area contributed by atoms with Crippen molar-refractivity contribution in [2.24, 2.45) is 0 Å². The molecule has 2 nitrogen and oxygen atoms in total. The van der Waals surface area contributed by atoms with Gasteiger partial charge in [-0.05, 0) is 12.1 Å². The van der Waals surface area contributed by atoms with Crippen molar-refractivity contribution in [2.45, 2.75) is 6.42 Å². The molecule has 0 atom stereocenters. The number of aliphatic hydroxyl groups excluding tert-OH is 1. The molecule has 0 aromatic heterocycles. The van der Waals surface area contributed by atoms with Gasteiger partial charge >= 0.3 is 0 Å². The zero-order chi connectivity index (χ0) is 11.1. The van der Waals surface area contributed by atoms with Gasteiger partial charge in [0.15, 0.2) is 0 Å². The highest BCUT2D eigenvalue weighted by molar-refractivity contribution is 5.34. The second-order valence-electron chi connectivity index (χ2n) is 3.08. The number of benzene rings is 1. The maximum absolute atomic E-state index is 9.52. The Balaban J connectivity index is 2.70. The first kappa shape index (κ1) is 11.1. The van der Waals surface area contributed by atoms with Crippen LogP contribution in [0.3, 0.4) is 0 Å². The van der Waals surface area contributed by atoms with Crippen molar-refractivity contribution in [2.75, 3.05) is 0 Å². The highest BCUT2D eigenvalue weighted by Crippen LogP contribution is 2.18. The first-order valence-electron chi connectivity index (χ1n) is 4.68. The van der Waals surface area contributed by atoms with Gasteiger partial charge in [0, 0.05) is 12.0 Å². The van der Waals surface area contributed by atoms with E-state index in [0.717, 1.165) is 0 Å². The summed E-state index contributed by atoms with van der Waals surface area (Å²) in [5.74, 6) is 0.403. The molecule has 0 unspecified atom stereocenters. The molecule has 78 valence electrons. The van der Waals surface area contributed by atoms with Crippen LogP contribution in [0.4, 0.5) is 0 Å². The fourth-order valence-corrected chi connectivity index (χ4v) is 1.16. The summed E-state index contributed by atoms with van der Waals surface area (Å²) < 4.78 is 0. The van der Waals surface area contributed by atoms with Gasteiger partial charge in [-0.25, -0.2) is 0 Å². The van der Waals surface area contributed by atoms with E-state index >= 15 is 0 Å². The van der Waals surface area contributed by atoms with Crippen molar-refractivity contribution >= 4 is 0 Å². The lowest BCUT2D eigenvalue weighted by molar-refractivity contribution is 0.394. The third-order valence-corrected chi connectivity index (χ3v) is 1.90. The van der Waals surface area contributed by atoms with Gasteiger partial charge in [0.2, 0.25) is 0 Å². The summed E-state index contributed by atoms with van der Waals surface area (Å²) in [6, 6.07) is 6.94. The lowest BCUT2D eigenvalue weighted by Gasteiger charge is -2.02. The van der Waals surface area contributed by atoms with Crippen molar-refractivity contribution in [1.82, 2.24) is 0 Å². The van der Waals surface area contributed by atoms with Crippen LogP contribution in [0, 0.1) is 0 Å². The number of hydrogen-bond acceptors (Lipinski definition) is 2. The van der Waals surface area contributed by atoms with E-state index in [1.807, 2.05) is 6.07 Å². The van der Waals surface area contributed by atoms with Gasteiger partial charge in [-0.2, -0.15) is 0 Å². The first-order chi connectivity index (χ1) is 7.24. The number of allylic oxidation sites excluding steroid dienone is 5. The maximum atomic E-state index is 9.52. The molecule has 0 aliphatic rings. The molecule has 0 heterocycles. The Hall–Kier alpha value is -1.96. The van der Waals surface area contributed by atoms with E-state index in [9.17, 15) is 10.2 Å². The Morgan fingerprint density at radius 1 is 1.27 bits per heavy atom. The lowest BCUT2D eigenvalue weighted by Crippen LogP contribution is -1.89. The number of aliphatic hydroxyl groups is 1. The van der Waals surface area contributed by atoms with E-state index in [4.69, 9.17) is 0 Å². The van der Waals surface area contributed by atoms with Gasteiger partial charge in [0.25, 0.3) is 0 Å². The minimum atomic E-state index is 0.199. The Morgan fingerprint density at radius 3 is 2.67 bits per heavy atom. The van der Waals surface area contributed by atoms with Crippen LogP contribution < -0.4 is 0 Å². The Labute approximate surface area is 89.5 Å². The summed E-state index contributed by atoms with van der Waals surface area (Å²) >= 11 is 0. The third kappa shape index (κ3) is 3.73. The first-order valence-corrected chi connectivity index (χ1v) is 4.68. The van der Waals surface area contributed by atoms with E-state index in [2.05, 4.69) is 6.58 Å². The number of phenols is 1. The maximum Gasteiger partial charge on any atom is 0.119 e. The molecular weight excluding hydrogens is 188 g/mol. The molecule has 1 rings (SSSR count). The van der Waals surface area contributed by atoms with E-state index in [1.165, 1.54) is 0 Å². The summed E-state index contributed by atoms with van der Waals surface area (Å²) in [7, 11) is 0. The van der Waals surface area contributed by atoms with Crippen molar-refractivity contribution < 1.29 is 10.2 Å². The van der Waals surface area contributed by atoms with Crippen molar-refractivity contribution in [1.29, 1.82) is 0 Å². The molecule has 0 aliphatic carbocycles. The van der Waals surface area contributed by atoms with Crippen LogP contribution in [0.2, 0.25) is 0 Å². The number of rotatable bonds is 4. The zero-order valence-electron chi connectivity index (χ0n) is 8.43. The number of phenolic OH excluding ortho intramolecular Hbond substituents is 1. The summed E-state index contributed by atoms with van der Waals surface area (Å²) in [6.45, 7) is 3.52.